The number of hydrogen-bond acceptors (Lipinski definition) is 3. The largest absolute Gasteiger partial charge is 0.343 e. The molecule has 1 fully saturated rings. The summed E-state index contributed by atoms with van der Waals surface area (Å²) in [6, 6.07) is 10.7. The highest BCUT2D eigenvalue weighted by Crippen LogP contribution is 2.39. The topological polar surface area (TPSA) is 36.3 Å². The Labute approximate surface area is 138 Å². The molecule has 1 saturated heterocycles. The molecule has 0 saturated carbocycles. The molecule has 0 aliphatic carbocycles. The smallest absolute Gasteiger partial charge is 0.164 e. The molecule has 0 amide bonds. The zero-order valence-electron chi connectivity index (χ0n) is 14.6. The van der Waals surface area contributed by atoms with E-state index >= 15 is 0 Å². The van der Waals surface area contributed by atoms with E-state index in [9.17, 15) is 0 Å². The second-order valence-corrected chi connectivity index (χ2v) is 7.27. The van der Waals surface area contributed by atoms with Gasteiger partial charge in [0.2, 0.25) is 0 Å². The molecule has 0 unspecified atom stereocenters. The molecule has 124 valence electrons. The maximum atomic E-state index is 6.11. The molecule has 4 heteroatoms. The molecule has 23 heavy (non-hydrogen) atoms. The van der Waals surface area contributed by atoms with Crippen molar-refractivity contribution in [2.75, 3.05) is 0 Å². The number of imidazole rings is 1. The summed E-state index contributed by atoms with van der Waals surface area (Å²) in [5, 5.41) is 0. The van der Waals surface area contributed by atoms with Gasteiger partial charge >= 0.3 is 0 Å². The first-order valence-corrected chi connectivity index (χ1v) is 8.21. The molecule has 1 aliphatic rings. The van der Waals surface area contributed by atoms with Crippen LogP contribution in [0.15, 0.2) is 42.9 Å². The van der Waals surface area contributed by atoms with Gasteiger partial charge in [-0.15, -0.1) is 0 Å². The van der Waals surface area contributed by atoms with Crippen LogP contribution in [0.25, 0.3) is 0 Å². The molecule has 1 aliphatic heterocycles. The third-order valence-corrected chi connectivity index (χ3v) is 5.12. The minimum Gasteiger partial charge on any atom is -0.343 e. The maximum absolute atomic E-state index is 6.11. The van der Waals surface area contributed by atoms with Gasteiger partial charge in [-0.3, -0.25) is 0 Å². The minimum absolute atomic E-state index is 0.233. The number of rotatable bonds is 4. The van der Waals surface area contributed by atoms with Gasteiger partial charge in [0.05, 0.1) is 23.6 Å². The van der Waals surface area contributed by atoms with Crippen LogP contribution >= 0.6 is 0 Å². The van der Waals surface area contributed by atoms with Crippen molar-refractivity contribution in [3.8, 4) is 0 Å². The van der Waals surface area contributed by atoms with E-state index in [0.29, 0.717) is 6.42 Å². The van der Waals surface area contributed by atoms with E-state index in [-0.39, 0.29) is 23.5 Å². The van der Waals surface area contributed by atoms with E-state index in [1.165, 1.54) is 5.56 Å². The van der Waals surface area contributed by atoms with Crippen LogP contribution in [0.2, 0.25) is 0 Å². The molecular weight excluding hydrogens is 288 g/mol. The van der Waals surface area contributed by atoms with E-state index in [4.69, 9.17) is 9.47 Å². The van der Waals surface area contributed by atoms with Crippen molar-refractivity contribution in [3.05, 3.63) is 54.1 Å². The Morgan fingerprint density at radius 2 is 1.70 bits per heavy atom. The van der Waals surface area contributed by atoms with Crippen LogP contribution in [-0.2, 0) is 15.9 Å². The summed E-state index contributed by atoms with van der Waals surface area (Å²) in [6.07, 6.45) is 4.26. The van der Waals surface area contributed by atoms with Gasteiger partial charge in [-0.1, -0.05) is 30.3 Å². The summed E-state index contributed by atoms with van der Waals surface area (Å²) < 4.78 is 14.4. The van der Waals surface area contributed by atoms with Crippen molar-refractivity contribution in [3.63, 3.8) is 0 Å². The van der Waals surface area contributed by atoms with Gasteiger partial charge in [-0.05, 0) is 40.2 Å². The van der Waals surface area contributed by atoms with Gasteiger partial charge in [0.15, 0.2) is 6.29 Å². The molecule has 0 bridgehead atoms. The van der Waals surface area contributed by atoms with Crippen LogP contribution in [0.1, 0.15) is 51.9 Å². The summed E-state index contributed by atoms with van der Waals surface area (Å²) in [5.74, 6) is 0. The van der Waals surface area contributed by atoms with Crippen molar-refractivity contribution in [2.24, 2.45) is 0 Å². The minimum atomic E-state index is -0.298. The lowest BCUT2D eigenvalue weighted by atomic mass is 9.90. The van der Waals surface area contributed by atoms with Gasteiger partial charge in [0.25, 0.3) is 0 Å². The van der Waals surface area contributed by atoms with Crippen molar-refractivity contribution in [2.45, 2.75) is 64.6 Å². The normalized spacial score (nSPS) is 21.4. The molecule has 0 N–H and O–H groups in total. The second kappa shape index (κ2) is 5.77. The fraction of sp³-hybridized carbons (Fsp3) is 0.526. The van der Waals surface area contributed by atoms with E-state index in [0.717, 1.165) is 5.69 Å². The van der Waals surface area contributed by atoms with E-state index in [2.05, 4.69) is 68.4 Å². The Morgan fingerprint density at radius 1 is 1.09 bits per heavy atom. The van der Waals surface area contributed by atoms with Gasteiger partial charge < -0.3 is 14.0 Å². The van der Waals surface area contributed by atoms with E-state index in [1.54, 1.807) is 0 Å². The van der Waals surface area contributed by atoms with E-state index < -0.39 is 0 Å². The van der Waals surface area contributed by atoms with Crippen molar-refractivity contribution < 1.29 is 9.47 Å². The molecule has 1 atom stereocenters. The Morgan fingerprint density at radius 3 is 2.30 bits per heavy atom. The number of ether oxygens (including phenoxy) is 2. The summed E-state index contributed by atoms with van der Waals surface area (Å²) in [7, 11) is 0. The first-order chi connectivity index (χ1) is 10.8. The highest BCUT2D eigenvalue weighted by Gasteiger charge is 2.49. The van der Waals surface area contributed by atoms with Gasteiger partial charge in [0.1, 0.15) is 0 Å². The van der Waals surface area contributed by atoms with E-state index in [1.807, 2.05) is 18.6 Å². The van der Waals surface area contributed by atoms with Gasteiger partial charge in [-0.25, -0.2) is 4.98 Å². The monoisotopic (exact) mass is 314 g/mol. The Bertz CT molecular complexity index is 645. The van der Waals surface area contributed by atoms with Crippen LogP contribution in [0, 0.1) is 0 Å². The fourth-order valence-corrected chi connectivity index (χ4v) is 2.95. The molecule has 3 rings (SSSR count). The molecule has 0 spiro atoms. The first-order valence-electron chi connectivity index (χ1n) is 8.21. The summed E-state index contributed by atoms with van der Waals surface area (Å²) in [6.45, 7) is 10.5. The summed E-state index contributed by atoms with van der Waals surface area (Å²) >= 11 is 0. The molecule has 2 aromatic rings. The molecule has 0 radical (unpaired) electrons. The molecule has 2 heterocycles. The second-order valence-electron chi connectivity index (χ2n) is 7.27. The zero-order chi connectivity index (χ0) is 16.7. The Kier molecular flexibility index (Phi) is 4.07. The number of nitrogens with zero attached hydrogens (tertiary/aromatic N) is 2. The number of benzene rings is 1. The maximum Gasteiger partial charge on any atom is 0.164 e. The van der Waals surface area contributed by atoms with Crippen LogP contribution < -0.4 is 0 Å². The standard InChI is InChI=1S/C19H26N2O2/c1-14(15-9-7-6-8-10-15)21-13-20-12-16(21)11-17-22-18(2,3)19(4,5)23-17/h6-10,12-14,17H,11H2,1-5H3/t14-/m1/s1. The summed E-state index contributed by atoms with van der Waals surface area (Å²) in [4.78, 5) is 4.34. The lowest BCUT2D eigenvalue weighted by Gasteiger charge is -2.30. The lowest BCUT2D eigenvalue weighted by Crippen LogP contribution is -2.41. The Hall–Kier alpha value is -1.65. The van der Waals surface area contributed by atoms with Crippen molar-refractivity contribution in [1.82, 2.24) is 9.55 Å². The van der Waals surface area contributed by atoms with Crippen LogP contribution in [0.4, 0.5) is 0 Å². The van der Waals surface area contributed by atoms with Gasteiger partial charge in [-0.2, -0.15) is 0 Å². The highest BCUT2D eigenvalue weighted by molar-refractivity contribution is 5.20. The predicted molar refractivity (Wildman–Crippen MR) is 90.3 cm³/mol. The summed E-state index contributed by atoms with van der Waals surface area (Å²) in [5.41, 5.74) is 1.79. The van der Waals surface area contributed by atoms with Crippen molar-refractivity contribution in [1.29, 1.82) is 0 Å². The molecule has 4 nitrogen and oxygen atoms in total. The molecule has 1 aromatic carbocycles. The number of aromatic nitrogens is 2. The van der Waals surface area contributed by atoms with Crippen LogP contribution in [0.3, 0.4) is 0 Å². The Balaban J connectivity index is 1.78. The molecule has 1 aromatic heterocycles. The third kappa shape index (κ3) is 3.06. The average molecular weight is 314 g/mol. The van der Waals surface area contributed by atoms with Crippen LogP contribution in [-0.4, -0.2) is 27.0 Å². The van der Waals surface area contributed by atoms with Gasteiger partial charge in [0, 0.05) is 18.3 Å². The third-order valence-electron chi connectivity index (χ3n) is 5.12. The molecular formula is C19H26N2O2. The predicted octanol–water partition coefficient (Wildman–Crippen LogP) is 3.97. The average Bonchev–Trinajstić information content (AvgIpc) is 3.01. The quantitative estimate of drug-likeness (QED) is 0.857. The zero-order valence-corrected chi connectivity index (χ0v) is 14.6. The first kappa shape index (κ1) is 16.2. The SMILES string of the molecule is C[C@H](c1ccccc1)n1cncc1CC1OC(C)(C)C(C)(C)O1. The van der Waals surface area contributed by atoms with Crippen molar-refractivity contribution >= 4 is 0 Å². The highest BCUT2D eigenvalue weighted by atomic mass is 16.7. The van der Waals surface area contributed by atoms with Crippen LogP contribution in [0.5, 0.6) is 0 Å². The lowest BCUT2D eigenvalue weighted by molar-refractivity contribution is -0.0855. The number of hydrogen-bond donors (Lipinski definition) is 0. The fourth-order valence-electron chi connectivity index (χ4n) is 2.95.